The molecule has 0 fully saturated rings. The molecule has 0 bridgehead atoms. The highest BCUT2D eigenvalue weighted by Gasteiger charge is 2.16. The smallest absolute Gasteiger partial charge is 0.350 e. The van der Waals surface area contributed by atoms with Crippen molar-refractivity contribution in [1.82, 2.24) is 10.00 Å². The summed E-state index contributed by atoms with van der Waals surface area (Å²) in [6.45, 7) is 2.06. The Morgan fingerprint density at radius 2 is 2.26 bits per heavy atom. The molecule has 0 aliphatic rings. The number of nitrogens with zero attached hydrogens (tertiary/aromatic N) is 4. The van der Waals surface area contributed by atoms with Crippen LogP contribution in [0.1, 0.15) is 6.92 Å². The standard InChI is InChI=1S/C11H16ClN4O2.BrH/c1-4-18-11(17)7-16-10(13-8-15(2)3)6-5-9(12)14-16;/h5-6,8H,4,7H2,1-3H3;1H/q+1;/p-1. The van der Waals surface area contributed by atoms with Gasteiger partial charge in [0.15, 0.2) is 5.15 Å². The fraction of sp³-hybridized carbons (Fsp3) is 0.455. The minimum Gasteiger partial charge on any atom is -1.00 e. The van der Waals surface area contributed by atoms with Crippen molar-refractivity contribution in [3.05, 3.63) is 17.3 Å². The summed E-state index contributed by atoms with van der Waals surface area (Å²) in [4.78, 5) is 17.4. The van der Waals surface area contributed by atoms with Gasteiger partial charge in [0.2, 0.25) is 12.9 Å². The number of hydrogen-bond donors (Lipinski definition) is 0. The van der Waals surface area contributed by atoms with Crippen LogP contribution in [-0.2, 0) is 16.1 Å². The lowest BCUT2D eigenvalue weighted by Crippen LogP contribution is -3.00. The van der Waals surface area contributed by atoms with Crippen molar-refractivity contribution in [2.24, 2.45) is 4.99 Å². The van der Waals surface area contributed by atoms with E-state index in [9.17, 15) is 4.79 Å². The van der Waals surface area contributed by atoms with Crippen LogP contribution in [0.4, 0.5) is 5.82 Å². The SMILES string of the molecule is CCOC(=O)C[n+]1nc(Cl)ccc1/N=C/N(C)C.[Br-]. The summed E-state index contributed by atoms with van der Waals surface area (Å²) in [5.41, 5.74) is 0. The molecule has 0 unspecified atom stereocenters. The molecule has 0 radical (unpaired) electrons. The fourth-order valence-corrected chi connectivity index (χ4v) is 1.31. The van der Waals surface area contributed by atoms with E-state index in [2.05, 4.69) is 10.1 Å². The molecule has 8 heteroatoms. The van der Waals surface area contributed by atoms with Gasteiger partial charge in [-0.05, 0) is 18.0 Å². The van der Waals surface area contributed by atoms with Gasteiger partial charge in [-0.3, -0.25) is 0 Å². The fourth-order valence-electron chi connectivity index (χ4n) is 1.16. The molecule has 1 aromatic rings. The highest BCUT2D eigenvalue weighted by atomic mass is 79.9. The Kier molecular flexibility index (Phi) is 8.26. The van der Waals surface area contributed by atoms with Crippen molar-refractivity contribution in [1.29, 1.82) is 0 Å². The van der Waals surface area contributed by atoms with Crippen LogP contribution in [0.25, 0.3) is 0 Å². The zero-order valence-electron chi connectivity index (χ0n) is 11.0. The van der Waals surface area contributed by atoms with Crippen LogP contribution in [-0.4, -0.2) is 43.0 Å². The average molecular weight is 352 g/mol. The lowest BCUT2D eigenvalue weighted by Gasteiger charge is -2.02. The summed E-state index contributed by atoms with van der Waals surface area (Å²) >= 11 is 5.79. The maximum atomic E-state index is 11.4. The molecule has 6 nitrogen and oxygen atoms in total. The summed E-state index contributed by atoms with van der Waals surface area (Å²) in [6.07, 6.45) is 1.62. The second-order valence-corrected chi connectivity index (χ2v) is 4.07. The predicted octanol–water partition coefficient (Wildman–Crippen LogP) is -2.19. The molecule has 0 saturated carbocycles. The quantitative estimate of drug-likeness (QED) is 0.262. The van der Waals surface area contributed by atoms with E-state index in [1.807, 2.05) is 14.1 Å². The van der Waals surface area contributed by atoms with Gasteiger partial charge in [-0.15, -0.1) is 4.68 Å². The van der Waals surface area contributed by atoms with Gasteiger partial charge in [0.1, 0.15) is 0 Å². The second-order valence-electron chi connectivity index (χ2n) is 3.69. The van der Waals surface area contributed by atoms with Crippen LogP contribution < -0.4 is 21.7 Å². The van der Waals surface area contributed by atoms with Crippen LogP contribution in [0, 0.1) is 0 Å². The Labute approximate surface area is 127 Å². The van der Waals surface area contributed by atoms with E-state index >= 15 is 0 Å². The van der Waals surface area contributed by atoms with Gasteiger partial charge in [-0.25, -0.2) is 4.79 Å². The average Bonchev–Trinajstić information content (AvgIpc) is 2.28. The second kappa shape index (κ2) is 8.82. The monoisotopic (exact) mass is 350 g/mol. The van der Waals surface area contributed by atoms with Gasteiger partial charge in [0.25, 0.3) is 0 Å². The topological polar surface area (TPSA) is 58.7 Å². The molecule has 0 spiro atoms. The first-order valence-corrected chi connectivity index (χ1v) is 5.83. The number of carbonyl (C=O) groups is 1. The molecule has 0 aliphatic carbocycles. The Morgan fingerprint density at radius 3 is 2.84 bits per heavy atom. The van der Waals surface area contributed by atoms with Crippen LogP contribution in [0.3, 0.4) is 0 Å². The summed E-state index contributed by atoms with van der Waals surface area (Å²) in [5.74, 6) is 0.153. The number of ether oxygens (including phenoxy) is 1. The third-order valence-electron chi connectivity index (χ3n) is 1.86. The summed E-state index contributed by atoms with van der Waals surface area (Å²) < 4.78 is 6.26. The zero-order chi connectivity index (χ0) is 13.5. The first kappa shape index (κ1) is 17.8. The normalized spacial score (nSPS) is 10.1. The predicted molar refractivity (Wildman–Crippen MR) is 67.9 cm³/mol. The van der Waals surface area contributed by atoms with Crippen molar-refractivity contribution in [3.63, 3.8) is 0 Å². The lowest BCUT2D eigenvalue weighted by molar-refractivity contribution is -0.731. The minimum absolute atomic E-state index is 0. The molecule has 0 amide bonds. The highest BCUT2D eigenvalue weighted by Crippen LogP contribution is 2.07. The Morgan fingerprint density at radius 1 is 1.58 bits per heavy atom. The van der Waals surface area contributed by atoms with Gasteiger partial charge < -0.3 is 26.6 Å². The summed E-state index contributed by atoms with van der Waals surface area (Å²) in [7, 11) is 3.70. The minimum atomic E-state index is -0.376. The molecule has 1 rings (SSSR count). The van der Waals surface area contributed by atoms with E-state index in [0.717, 1.165) is 0 Å². The Hall–Kier alpha value is -1.21. The third-order valence-corrected chi connectivity index (χ3v) is 2.06. The van der Waals surface area contributed by atoms with E-state index in [-0.39, 0.29) is 29.5 Å². The molecule has 0 saturated heterocycles. The van der Waals surface area contributed by atoms with Crippen molar-refractivity contribution in [2.45, 2.75) is 13.5 Å². The molecular formula is C11H16BrClN4O2. The highest BCUT2D eigenvalue weighted by molar-refractivity contribution is 6.29. The molecule has 0 atom stereocenters. The lowest BCUT2D eigenvalue weighted by atomic mass is 10.5. The van der Waals surface area contributed by atoms with E-state index in [1.165, 1.54) is 4.68 Å². The number of hydrogen-bond acceptors (Lipinski definition) is 4. The number of esters is 1. The van der Waals surface area contributed by atoms with E-state index in [4.69, 9.17) is 16.3 Å². The Bertz CT molecular complexity index is 454. The van der Waals surface area contributed by atoms with Crippen LogP contribution in [0.2, 0.25) is 5.15 Å². The maximum Gasteiger partial charge on any atom is 0.350 e. The molecule has 1 heterocycles. The van der Waals surface area contributed by atoms with Crippen molar-refractivity contribution >= 4 is 29.7 Å². The molecule has 0 N–H and O–H groups in total. The molecule has 19 heavy (non-hydrogen) atoms. The molecule has 0 aromatic carbocycles. The van der Waals surface area contributed by atoms with Crippen molar-refractivity contribution < 1.29 is 31.2 Å². The number of rotatable bonds is 5. The van der Waals surface area contributed by atoms with Crippen LogP contribution in [0.5, 0.6) is 0 Å². The number of carbonyl (C=O) groups excluding carboxylic acids is 1. The summed E-state index contributed by atoms with van der Waals surface area (Å²) in [6, 6.07) is 3.31. The van der Waals surface area contributed by atoms with Crippen LogP contribution in [0.15, 0.2) is 17.1 Å². The molecule has 1 aromatic heterocycles. The van der Waals surface area contributed by atoms with Gasteiger partial charge in [0.05, 0.1) is 6.61 Å². The molecule has 106 valence electrons. The van der Waals surface area contributed by atoms with Gasteiger partial charge >= 0.3 is 11.8 Å². The number of aliphatic imine (C=N–C) groups is 1. The first-order chi connectivity index (χ1) is 8.52. The van der Waals surface area contributed by atoms with Gasteiger partial charge in [-0.1, -0.05) is 16.7 Å². The van der Waals surface area contributed by atoms with Crippen LogP contribution >= 0.6 is 11.6 Å². The van der Waals surface area contributed by atoms with Crippen molar-refractivity contribution in [2.75, 3.05) is 20.7 Å². The zero-order valence-corrected chi connectivity index (χ0v) is 13.3. The molecule has 0 aliphatic heterocycles. The first-order valence-electron chi connectivity index (χ1n) is 5.46. The van der Waals surface area contributed by atoms with Gasteiger partial charge in [0, 0.05) is 20.2 Å². The maximum absolute atomic E-state index is 11.4. The van der Waals surface area contributed by atoms with Gasteiger partial charge in [-0.2, -0.15) is 0 Å². The largest absolute Gasteiger partial charge is 1.00 e. The van der Waals surface area contributed by atoms with E-state index in [1.54, 1.807) is 30.3 Å². The summed E-state index contributed by atoms with van der Waals surface area (Å²) in [5, 5.41) is 4.32. The third kappa shape index (κ3) is 6.49. The van der Waals surface area contributed by atoms with E-state index in [0.29, 0.717) is 17.6 Å². The van der Waals surface area contributed by atoms with E-state index < -0.39 is 0 Å². The number of aromatic nitrogens is 2. The number of halogens is 2. The van der Waals surface area contributed by atoms with Crippen molar-refractivity contribution in [3.8, 4) is 0 Å². The molecular weight excluding hydrogens is 336 g/mol. The Balaban J connectivity index is 0.00000324.